The van der Waals surface area contributed by atoms with E-state index in [2.05, 4.69) is 16.6 Å². The second kappa shape index (κ2) is 6.20. The third-order valence-electron chi connectivity index (χ3n) is 1.77. The Morgan fingerprint density at radius 3 is 2.56 bits per heavy atom. The Bertz CT molecular complexity index is 458. The minimum atomic E-state index is -0.565. The van der Waals surface area contributed by atoms with Crippen LogP contribution in [0, 0.1) is 11.8 Å². The van der Waals surface area contributed by atoms with E-state index < -0.39 is 5.97 Å². The van der Waals surface area contributed by atoms with Gasteiger partial charge < -0.3 is 4.74 Å². The molecule has 0 aliphatic heterocycles. The first kappa shape index (κ1) is 11.7. The number of rotatable bonds is 2. The summed E-state index contributed by atoms with van der Waals surface area (Å²) in [6, 6.07) is 7.14. The highest BCUT2D eigenvalue weighted by molar-refractivity contribution is 5.89. The molecule has 0 atom stereocenters. The first-order valence-electron chi connectivity index (χ1n) is 4.58. The Kier molecular flexibility index (Phi) is 4.55. The summed E-state index contributed by atoms with van der Waals surface area (Å²) in [5.74, 6) is 4.42. The van der Waals surface area contributed by atoms with Gasteiger partial charge in [-0.3, -0.25) is 4.79 Å². The topological polar surface area (TPSA) is 43.4 Å². The van der Waals surface area contributed by atoms with E-state index in [-0.39, 0.29) is 0 Å². The SMILES string of the molecule is COC(=O)C#Cc1ccc(/C=C/C=O)cc1. The average Bonchev–Trinajstić information content (AvgIpc) is 2.34. The highest BCUT2D eigenvalue weighted by atomic mass is 16.5. The van der Waals surface area contributed by atoms with Crippen molar-refractivity contribution in [1.29, 1.82) is 0 Å². The number of carbonyl (C=O) groups excluding carboxylic acids is 2. The summed E-state index contributed by atoms with van der Waals surface area (Å²) in [4.78, 5) is 20.8. The molecule has 0 aromatic heterocycles. The zero-order valence-electron chi connectivity index (χ0n) is 8.77. The monoisotopic (exact) mass is 214 g/mol. The largest absolute Gasteiger partial charge is 0.459 e. The van der Waals surface area contributed by atoms with Gasteiger partial charge in [-0.1, -0.05) is 24.1 Å². The Morgan fingerprint density at radius 2 is 2.00 bits per heavy atom. The van der Waals surface area contributed by atoms with Gasteiger partial charge in [-0.05, 0) is 23.8 Å². The Balaban J connectivity index is 2.77. The van der Waals surface area contributed by atoms with Crippen molar-refractivity contribution in [1.82, 2.24) is 0 Å². The fourth-order valence-electron chi connectivity index (χ4n) is 1.00. The number of allylic oxidation sites excluding steroid dienone is 1. The van der Waals surface area contributed by atoms with Gasteiger partial charge in [-0.15, -0.1) is 0 Å². The van der Waals surface area contributed by atoms with Gasteiger partial charge in [0.15, 0.2) is 0 Å². The van der Waals surface area contributed by atoms with Crippen molar-refractivity contribution in [3.8, 4) is 11.8 Å². The smallest absolute Gasteiger partial charge is 0.384 e. The summed E-state index contributed by atoms with van der Waals surface area (Å²) in [6.07, 6.45) is 3.81. The van der Waals surface area contributed by atoms with E-state index in [1.54, 1.807) is 30.3 Å². The fraction of sp³-hybridized carbons (Fsp3) is 0.0769. The van der Waals surface area contributed by atoms with Crippen LogP contribution in [0.3, 0.4) is 0 Å². The number of ether oxygens (including phenoxy) is 1. The second-order valence-electron chi connectivity index (χ2n) is 2.86. The minimum absolute atomic E-state index is 0.565. The Hall–Kier alpha value is -2.34. The Labute approximate surface area is 93.7 Å². The quantitative estimate of drug-likeness (QED) is 0.323. The zero-order valence-corrected chi connectivity index (χ0v) is 8.77. The van der Waals surface area contributed by atoms with Crippen LogP contribution in [0.1, 0.15) is 11.1 Å². The molecule has 0 radical (unpaired) electrons. The molecule has 0 saturated heterocycles. The molecule has 0 aliphatic rings. The van der Waals surface area contributed by atoms with Gasteiger partial charge in [0.25, 0.3) is 0 Å². The molecule has 3 nitrogen and oxygen atoms in total. The molecule has 0 aliphatic carbocycles. The molecule has 0 saturated carbocycles. The van der Waals surface area contributed by atoms with Crippen LogP contribution in [0.15, 0.2) is 30.3 Å². The Morgan fingerprint density at radius 1 is 1.31 bits per heavy atom. The fourth-order valence-corrected chi connectivity index (χ4v) is 1.00. The maximum Gasteiger partial charge on any atom is 0.384 e. The number of aldehydes is 1. The van der Waals surface area contributed by atoms with Crippen LogP contribution in [-0.2, 0) is 14.3 Å². The lowest BCUT2D eigenvalue weighted by Crippen LogP contribution is -1.94. The van der Waals surface area contributed by atoms with Crippen LogP contribution in [-0.4, -0.2) is 19.4 Å². The summed E-state index contributed by atoms with van der Waals surface area (Å²) < 4.78 is 4.39. The lowest BCUT2D eigenvalue weighted by atomic mass is 10.1. The molecule has 0 fully saturated rings. The lowest BCUT2D eigenvalue weighted by molar-refractivity contribution is -0.133. The number of hydrogen-bond donors (Lipinski definition) is 0. The standard InChI is InChI=1S/C13H10O3/c1-16-13(15)9-8-12-6-4-11(5-7-12)3-2-10-14/h2-7,10H,1H3/b3-2+. The maximum absolute atomic E-state index is 10.7. The van der Waals surface area contributed by atoms with Crippen LogP contribution in [0.4, 0.5) is 0 Å². The van der Waals surface area contributed by atoms with Gasteiger partial charge in [-0.2, -0.15) is 0 Å². The molecular weight excluding hydrogens is 204 g/mol. The van der Waals surface area contributed by atoms with Crippen LogP contribution in [0.25, 0.3) is 6.08 Å². The summed E-state index contributed by atoms with van der Waals surface area (Å²) in [5, 5.41) is 0. The summed E-state index contributed by atoms with van der Waals surface area (Å²) in [6.45, 7) is 0. The molecule has 1 aromatic carbocycles. The van der Waals surface area contributed by atoms with Gasteiger partial charge in [0, 0.05) is 11.5 Å². The summed E-state index contributed by atoms with van der Waals surface area (Å²) >= 11 is 0. The van der Waals surface area contributed by atoms with Crippen molar-refractivity contribution in [2.24, 2.45) is 0 Å². The third kappa shape index (κ3) is 3.81. The molecule has 1 rings (SSSR count). The van der Waals surface area contributed by atoms with E-state index in [0.29, 0.717) is 11.8 Å². The molecule has 0 unspecified atom stereocenters. The van der Waals surface area contributed by atoms with Crippen molar-refractivity contribution >= 4 is 18.3 Å². The van der Waals surface area contributed by atoms with E-state index in [4.69, 9.17) is 0 Å². The van der Waals surface area contributed by atoms with Crippen LogP contribution in [0.2, 0.25) is 0 Å². The third-order valence-corrected chi connectivity index (χ3v) is 1.77. The normalized spacial score (nSPS) is 9.31. The molecule has 16 heavy (non-hydrogen) atoms. The number of hydrogen-bond acceptors (Lipinski definition) is 3. The van der Waals surface area contributed by atoms with Gasteiger partial charge in [0.1, 0.15) is 6.29 Å². The predicted octanol–water partition coefficient (Wildman–Crippen LogP) is 1.42. The summed E-state index contributed by atoms with van der Waals surface area (Å²) in [5.41, 5.74) is 1.62. The van der Waals surface area contributed by atoms with E-state index in [9.17, 15) is 9.59 Å². The minimum Gasteiger partial charge on any atom is -0.459 e. The number of methoxy groups -OCH3 is 1. The maximum atomic E-state index is 10.7. The molecule has 0 heterocycles. The van der Waals surface area contributed by atoms with Crippen molar-refractivity contribution in [3.05, 3.63) is 41.5 Å². The van der Waals surface area contributed by atoms with Gasteiger partial charge in [0.2, 0.25) is 0 Å². The predicted molar refractivity (Wildman–Crippen MR) is 60.4 cm³/mol. The van der Waals surface area contributed by atoms with Crippen molar-refractivity contribution < 1.29 is 14.3 Å². The molecule has 0 bridgehead atoms. The first-order chi connectivity index (χ1) is 7.76. The van der Waals surface area contributed by atoms with Crippen molar-refractivity contribution in [2.45, 2.75) is 0 Å². The average molecular weight is 214 g/mol. The molecule has 80 valence electrons. The van der Waals surface area contributed by atoms with Crippen LogP contribution < -0.4 is 0 Å². The van der Waals surface area contributed by atoms with Crippen LogP contribution >= 0.6 is 0 Å². The number of benzene rings is 1. The molecule has 0 amide bonds. The van der Waals surface area contributed by atoms with E-state index in [0.717, 1.165) is 5.56 Å². The molecular formula is C13H10O3. The molecule has 1 aromatic rings. The zero-order chi connectivity index (χ0) is 11.8. The first-order valence-corrected chi connectivity index (χ1v) is 4.58. The van der Waals surface area contributed by atoms with Gasteiger partial charge >= 0.3 is 5.97 Å². The highest BCUT2D eigenvalue weighted by Gasteiger charge is 1.91. The molecule has 3 heteroatoms. The van der Waals surface area contributed by atoms with Crippen LogP contribution in [0.5, 0.6) is 0 Å². The molecule has 0 N–H and O–H groups in total. The van der Waals surface area contributed by atoms with E-state index in [1.807, 2.05) is 0 Å². The molecule has 0 spiro atoms. The van der Waals surface area contributed by atoms with E-state index >= 15 is 0 Å². The van der Waals surface area contributed by atoms with E-state index in [1.165, 1.54) is 13.2 Å². The van der Waals surface area contributed by atoms with Gasteiger partial charge in [-0.25, -0.2) is 4.79 Å². The lowest BCUT2D eigenvalue weighted by Gasteiger charge is -1.92. The van der Waals surface area contributed by atoms with Crippen molar-refractivity contribution in [3.63, 3.8) is 0 Å². The highest BCUT2D eigenvalue weighted by Crippen LogP contribution is 2.04. The number of carbonyl (C=O) groups is 2. The number of esters is 1. The van der Waals surface area contributed by atoms with Crippen molar-refractivity contribution in [2.75, 3.05) is 7.11 Å². The summed E-state index contributed by atoms with van der Waals surface area (Å²) in [7, 11) is 1.28. The second-order valence-corrected chi connectivity index (χ2v) is 2.86. The van der Waals surface area contributed by atoms with Gasteiger partial charge in [0.05, 0.1) is 7.11 Å².